The van der Waals surface area contributed by atoms with Crippen molar-refractivity contribution in [2.75, 3.05) is 29.7 Å². The number of hydrogen-bond acceptors (Lipinski definition) is 4. The lowest BCUT2D eigenvalue weighted by Gasteiger charge is -2.25. The Balaban J connectivity index is 2.68. The second-order valence-corrected chi connectivity index (χ2v) is 4.28. The fourth-order valence-corrected chi connectivity index (χ4v) is 1.89. The van der Waals surface area contributed by atoms with Gasteiger partial charge in [0.1, 0.15) is 5.82 Å². The molecule has 0 saturated heterocycles. The Labute approximate surface area is 89.7 Å². The average Bonchev–Trinajstić information content (AvgIpc) is 2.18. The zero-order chi connectivity index (χ0) is 10.6. The highest BCUT2D eigenvalue weighted by molar-refractivity contribution is 7.98. The van der Waals surface area contributed by atoms with Crippen LogP contribution in [0.15, 0.2) is 18.3 Å². The number of anilines is 2. The van der Waals surface area contributed by atoms with Crippen LogP contribution in [0, 0.1) is 0 Å². The summed E-state index contributed by atoms with van der Waals surface area (Å²) in [6.07, 6.45) is 3.80. The van der Waals surface area contributed by atoms with Crippen LogP contribution < -0.4 is 10.6 Å². The first kappa shape index (κ1) is 11.2. The molecule has 0 aromatic carbocycles. The van der Waals surface area contributed by atoms with Gasteiger partial charge in [0.05, 0.1) is 11.9 Å². The minimum absolute atomic E-state index is 0.487. The summed E-state index contributed by atoms with van der Waals surface area (Å²) < 4.78 is 0. The topological polar surface area (TPSA) is 42.1 Å². The molecule has 0 amide bonds. The summed E-state index contributed by atoms with van der Waals surface area (Å²) in [5.74, 6) is 2.07. The van der Waals surface area contributed by atoms with Crippen LogP contribution in [0.1, 0.15) is 6.92 Å². The molecule has 1 rings (SSSR count). The van der Waals surface area contributed by atoms with E-state index in [0.29, 0.717) is 11.7 Å². The SMILES string of the molecule is CSCC(C)N(C)c1ccc(N)cn1. The van der Waals surface area contributed by atoms with Crippen molar-refractivity contribution >= 4 is 23.3 Å². The van der Waals surface area contributed by atoms with Gasteiger partial charge in [-0.3, -0.25) is 0 Å². The molecule has 0 radical (unpaired) electrons. The van der Waals surface area contributed by atoms with Gasteiger partial charge >= 0.3 is 0 Å². The molecular weight excluding hydrogens is 194 g/mol. The number of aromatic nitrogens is 1. The minimum Gasteiger partial charge on any atom is -0.397 e. The number of thioether (sulfide) groups is 1. The molecule has 14 heavy (non-hydrogen) atoms. The Hall–Kier alpha value is -0.900. The summed E-state index contributed by atoms with van der Waals surface area (Å²) in [6.45, 7) is 2.19. The average molecular weight is 211 g/mol. The lowest BCUT2D eigenvalue weighted by molar-refractivity contribution is 0.754. The van der Waals surface area contributed by atoms with Crippen LogP contribution in [0.2, 0.25) is 0 Å². The molecule has 0 spiro atoms. The van der Waals surface area contributed by atoms with E-state index in [1.807, 2.05) is 23.9 Å². The summed E-state index contributed by atoms with van der Waals surface area (Å²) in [5.41, 5.74) is 6.28. The van der Waals surface area contributed by atoms with E-state index >= 15 is 0 Å². The third-order valence-electron chi connectivity index (χ3n) is 2.20. The lowest BCUT2D eigenvalue weighted by atomic mass is 10.3. The fraction of sp³-hybridized carbons (Fsp3) is 0.500. The van der Waals surface area contributed by atoms with E-state index < -0.39 is 0 Å². The van der Waals surface area contributed by atoms with E-state index in [9.17, 15) is 0 Å². The van der Waals surface area contributed by atoms with E-state index in [0.717, 1.165) is 11.6 Å². The monoisotopic (exact) mass is 211 g/mol. The van der Waals surface area contributed by atoms with Crippen LogP contribution in [-0.4, -0.2) is 30.1 Å². The standard InChI is InChI=1S/C10H17N3S/c1-8(7-14-3)13(2)10-5-4-9(11)6-12-10/h4-6,8H,7,11H2,1-3H3. The summed E-state index contributed by atoms with van der Waals surface area (Å²) in [5, 5.41) is 0. The zero-order valence-electron chi connectivity index (χ0n) is 8.90. The summed E-state index contributed by atoms with van der Waals surface area (Å²) in [7, 11) is 2.05. The molecule has 4 heteroatoms. The molecule has 0 aliphatic heterocycles. The van der Waals surface area contributed by atoms with E-state index in [4.69, 9.17) is 5.73 Å². The minimum atomic E-state index is 0.487. The number of rotatable bonds is 4. The van der Waals surface area contributed by atoms with Gasteiger partial charge in [-0.1, -0.05) is 0 Å². The first-order valence-electron chi connectivity index (χ1n) is 4.58. The quantitative estimate of drug-likeness (QED) is 0.825. The molecule has 1 unspecified atom stereocenters. The molecule has 78 valence electrons. The van der Waals surface area contributed by atoms with Crippen LogP contribution in [-0.2, 0) is 0 Å². The molecule has 0 fully saturated rings. The normalized spacial score (nSPS) is 12.5. The van der Waals surface area contributed by atoms with Crippen molar-refractivity contribution in [1.29, 1.82) is 0 Å². The summed E-state index contributed by atoms with van der Waals surface area (Å²) in [6, 6.07) is 4.32. The number of pyridine rings is 1. The van der Waals surface area contributed by atoms with Crippen LogP contribution >= 0.6 is 11.8 Å². The smallest absolute Gasteiger partial charge is 0.128 e. The van der Waals surface area contributed by atoms with Crippen molar-refractivity contribution in [3.63, 3.8) is 0 Å². The maximum atomic E-state index is 5.58. The van der Waals surface area contributed by atoms with E-state index in [-0.39, 0.29) is 0 Å². The zero-order valence-corrected chi connectivity index (χ0v) is 9.71. The van der Waals surface area contributed by atoms with Crippen molar-refractivity contribution < 1.29 is 0 Å². The fourth-order valence-electron chi connectivity index (χ4n) is 1.18. The van der Waals surface area contributed by atoms with Crippen LogP contribution in [0.4, 0.5) is 11.5 Å². The van der Waals surface area contributed by atoms with Gasteiger partial charge in [0.15, 0.2) is 0 Å². The largest absolute Gasteiger partial charge is 0.397 e. The Kier molecular flexibility index (Phi) is 4.07. The Morgan fingerprint density at radius 1 is 1.57 bits per heavy atom. The van der Waals surface area contributed by atoms with Crippen LogP contribution in [0.3, 0.4) is 0 Å². The van der Waals surface area contributed by atoms with Gasteiger partial charge < -0.3 is 10.6 Å². The molecule has 1 aromatic rings. The number of nitrogens with zero attached hydrogens (tertiary/aromatic N) is 2. The first-order valence-corrected chi connectivity index (χ1v) is 5.98. The molecule has 0 aliphatic carbocycles. The van der Waals surface area contributed by atoms with E-state index in [1.165, 1.54) is 0 Å². The van der Waals surface area contributed by atoms with Gasteiger partial charge in [-0.2, -0.15) is 11.8 Å². The first-order chi connectivity index (χ1) is 6.65. The van der Waals surface area contributed by atoms with Gasteiger partial charge in [0.25, 0.3) is 0 Å². The molecule has 0 saturated carbocycles. The van der Waals surface area contributed by atoms with E-state index in [1.54, 1.807) is 6.20 Å². The van der Waals surface area contributed by atoms with Crippen molar-refractivity contribution in [2.24, 2.45) is 0 Å². The number of nitrogens with two attached hydrogens (primary N) is 1. The van der Waals surface area contributed by atoms with Gasteiger partial charge in [0.2, 0.25) is 0 Å². The van der Waals surface area contributed by atoms with Gasteiger partial charge in [-0.25, -0.2) is 4.98 Å². The van der Waals surface area contributed by atoms with Gasteiger partial charge in [-0.05, 0) is 25.3 Å². The molecule has 1 heterocycles. The molecule has 3 nitrogen and oxygen atoms in total. The highest BCUT2D eigenvalue weighted by Crippen LogP contribution is 2.14. The van der Waals surface area contributed by atoms with E-state index in [2.05, 4.69) is 30.1 Å². The maximum Gasteiger partial charge on any atom is 0.128 e. The van der Waals surface area contributed by atoms with Crippen molar-refractivity contribution in [3.05, 3.63) is 18.3 Å². The van der Waals surface area contributed by atoms with Crippen LogP contribution in [0.25, 0.3) is 0 Å². The van der Waals surface area contributed by atoms with Gasteiger partial charge in [-0.15, -0.1) is 0 Å². The van der Waals surface area contributed by atoms with Gasteiger partial charge in [0, 0.05) is 18.8 Å². The molecule has 1 atom stereocenters. The Bertz CT molecular complexity index is 273. The summed E-state index contributed by atoms with van der Waals surface area (Å²) >= 11 is 1.84. The molecular formula is C10H17N3S. The van der Waals surface area contributed by atoms with Crippen LogP contribution in [0.5, 0.6) is 0 Å². The maximum absolute atomic E-state index is 5.58. The second kappa shape index (κ2) is 5.10. The highest BCUT2D eigenvalue weighted by Gasteiger charge is 2.09. The molecule has 1 aromatic heterocycles. The van der Waals surface area contributed by atoms with Crippen molar-refractivity contribution in [1.82, 2.24) is 4.98 Å². The highest BCUT2D eigenvalue weighted by atomic mass is 32.2. The third-order valence-corrected chi connectivity index (χ3v) is 3.02. The Morgan fingerprint density at radius 3 is 2.79 bits per heavy atom. The molecule has 2 N–H and O–H groups in total. The Morgan fingerprint density at radius 2 is 2.29 bits per heavy atom. The van der Waals surface area contributed by atoms with Crippen molar-refractivity contribution in [2.45, 2.75) is 13.0 Å². The molecule has 0 aliphatic rings. The molecule has 0 bridgehead atoms. The third kappa shape index (κ3) is 2.80. The number of hydrogen-bond donors (Lipinski definition) is 1. The lowest BCUT2D eigenvalue weighted by Crippen LogP contribution is -2.31. The summed E-state index contributed by atoms with van der Waals surface area (Å²) in [4.78, 5) is 6.44. The number of nitrogen functional groups attached to an aromatic ring is 1. The predicted octanol–water partition coefficient (Wildman–Crippen LogP) is 1.85. The second-order valence-electron chi connectivity index (χ2n) is 3.36. The van der Waals surface area contributed by atoms with Crippen molar-refractivity contribution in [3.8, 4) is 0 Å². The predicted molar refractivity (Wildman–Crippen MR) is 64.9 cm³/mol.